The van der Waals surface area contributed by atoms with E-state index in [0.717, 1.165) is 31.6 Å². The van der Waals surface area contributed by atoms with E-state index in [1.54, 1.807) is 0 Å². The minimum atomic E-state index is -0.191. The van der Waals surface area contributed by atoms with Crippen molar-refractivity contribution in [1.29, 1.82) is 0 Å². The molecule has 23 heavy (non-hydrogen) atoms. The molecule has 0 radical (unpaired) electrons. The van der Waals surface area contributed by atoms with Crippen LogP contribution in [0.3, 0.4) is 0 Å². The molecule has 1 aromatic carbocycles. The number of likely N-dealkylation sites (tertiary alicyclic amines) is 1. The van der Waals surface area contributed by atoms with Gasteiger partial charge in [0, 0.05) is 56.1 Å². The van der Waals surface area contributed by atoms with Crippen molar-refractivity contribution in [3.63, 3.8) is 0 Å². The number of urea groups is 1. The molecular formula is C17H24N4O2. The molecule has 0 saturated carbocycles. The van der Waals surface area contributed by atoms with Crippen molar-refractivity contribution in [2.24, 2.45) is 0 Å². The van der Waals surface area contributed by atoms with Crippen LogP contribution in [0.2, 0.25) is 0 Å². The van der Waals surface area contributed by atoms with Crippen molar-refractivity contribution < 1.29 is 9.59 Å². The molecule has 0 aromatic heterocycles. The van der Waals surface area contributed by atoms with Gasteiger partial charge in [0.05, 0.1) is 0 Å². The Hall–Kier alpha value is -2.24. The zero-order valence-corrected chi connectivity index (χ0v) is 13.8. The van der Waals surface area contributed by atoms with Gasteiger partial charge in [-0.1, -0.05) is 13.0 Å². The first-order valence-corrected chi connectivity index (χ1v) is 8.26. The summed E-state index contributed by atoms with van der Waals surface area (Å²) in [5.74, 6) is 0.152. The highest BCUT2D eigenvalue weighted by Gasteiger charge is 2.27. The number of nitrogens with one attached hydrogen (secondary N) is 2. The van der Waals surface area contributed by atoms with Gasteiger partial charge >= 0.3 is 6.03 Å². The van der Waals surface area contributed by atoms with E-state index in [1.807, 2.05) is 24.0 Å². The first-order valence-electron chi connectivity index (χ1n) is 8.26. The predicted molar refractivity (Wildman–Crippen MR) is 90.8 cm³/mol. The Balaban J connectivity index is 1.58. The monoisotopic (exact) mass is 316 g/mol. The quantitative estimate of drug-likeness (QED) is 0.894. The van der Waals surface area contributed by atoms with Crippen LogP contribution in [0.5, 0.6) is 0 Å². The highest BCUT2D eigenvalue weighted by molar-refractivity contribution is 5.92. The average molecular weight is 316 g/mol. The Morgan fingerprint density at radius 1 is 1.30 bits per heavy atom. The van der Waals surface area contributed by atoms with Crippen molar-refractivity contribution in [2.75, 3.05) is 36.9 Å². The molecule has 0 spiro atoms. The van der Waals surface area contributed by atoms with Crippen LogP contribution in [0.15, 0.2) is 18.2 Å². The van der Waals surface area contributed by atoms with Crippen LogP contribution in [0.25, 0.3) is 0 Å². The topological polar surface area (TPSA) is 64.7 Å². The van der Waals surface area contributed by atoms with Gasteiger partial charge in [0.1, 0.15) is 0 Å². The third-order valence-corrected chi connectivity index (χ3v) is 4.69. The molecule has 1 unspecified atom stereocenters. The molecule has 6 nitrogen and oxygen atoms in total. The number of hydrogen-bond acceptors (Lipinski definition) is 3. The Morgan fingerprint density at radius 2 is 2.13 bits per heavy atom. The molecule has 3 rings (SSSR count). The van der Waals surface area contributed by atoms with Gasteiger partial charge in [0.15, 0.2) is 0 Å². The lowest BCUT2D eigenvalue weighted by molar-refractivity contribution is -0.129. The molecule has 124 valence electrons. The third-order valence-electron chi connectivity index (χ3n) is 4.69. The van der Waals surface area contributed by atoms with E-state index in [0.29, 0.717) is 13.0 Å². The van der Waals surface area contributed by atoms with E-state index >= 15 is 0 Å². The van der Waals surface area contributed by atoms with Gasteiger partial charge in [-0.3, -0.25) is 4.79 Å². The fourth-order valence-electron chi connectivity index (χ4n) is 3.38. The molecule has 2 heterocycles. The smallest absolute Gasteiger partial charge is 0.319 e. The molecule has 1 aromatic rings. The van der Waals surface area contributed by atoms with Crippen LogP contribution in [-0.2, 0) is 11.2 Å². The average Bonchev–Trinajstić information content (AvgIpc) is 3.15. The third kappa shape index (κ3) is 3.25. The molecule has 2 N–H and O–H groups in total. The molecular weight excluding hydrogens is 292 g/mol. The van der Waals surface area contributed by atoms with Crippen LogP contribution >= 0.6 is 0 Å². The lowest BCUT2D eigenvalue weighted by Gasteiger charge is -2.17. The second-order valence-corrected chi connectivity index (χ2v) is 6.25. The Bertz CT molecular complexity index is 617. The minimum Gasteiger partial charge on any atom is -0.374 e. The molecule has 0 bridgehead atoms. The number of amides is 3. The normalized spacial score (nSPS) is 19.7. The number of nitrogens with zero attached hydrogens (tertiary/aromatic N) is 2. The number of carbonyl (C=O) groups is 2. The minimum absolute atomic E-state index is 0.0323. The van der Waals surface area contributed by atoms with Gasteiger partial charge in [0.2, 0.25) is 5.91 Å². The molecule has 3 amide bonds. The first-order chi connectivity index (χ1) is 11.1. The number of fused-ring (bicyclic) bond motifs is 1. The number of hydrogen-bond donors (Lipinski definition) is 2. The van der Waals surface area contributed by atoms with Crippen LogP contribution < -0.4 is 15.5 Å². The number of carbonyl (C=O) groups excluding carboxylic acids is 2. The van der Waals surface area contributed by atoms with Crippen molar-refractivity contribution in [2.45, 2.75) is 32.2 Å². The van der Waals surface area contributed by atoms with E-state index in [2.05, 4.69) is 28.6 Å². The number of likely N-dealkylation sites (N-methyl/N-ethyl adjacent to an activating group) is 1. The second-order valence-electron chi connectivity index (χ2n) is 6.25. The maximum atomic E-state index is 12.3. The van der Waals surface area contributed by atoms with Crippen LogP contribution in [0, 0.1) is 0 Å². The van der Waals surface area contributed by atoms with Crippen LogP contribution in [0.1, 0.15) is 25.3 Å². The number of benzene rings is 1. The zero-order valence-electron chi connectivity index (χ0n) is 13.8. The van der Waals surface area contributed by atoms with E-state index in [-0.39, 0.29) is 18.0 Å². The summed E-state index contributed by atoms with van der Waals surface area (Å²) in [4.78, 5) is 28.0. The van der Waals surface area contributed by atoms with Crippen LogP contribution in [-0.4, -0.2) is 49.6 Å². The fourth-order valence-corrected chi connectivity index (χ4v) is 3.38. The summed E-state index contributed by atoms with van der Waals surface area (Å²) in [6, 6.07) is 5.83. The predicted octanol–water partition coefficient (Wildman–Crippen LogP) is 1.81. The van der Waals surface area contributed by atoms with Crippen molar-refractivity contribution in [1.82, 2.24) is 10.2 Å². The fraction of sp³-hybridized carbons (Fsp3) is 0.529. The molecule has 2 aliphatic rings. The van der Waals surface area contributed by atoms with Crippen molar-refractivity contribution >= 4 is 23.3 Å². The summed E-state index contributed by atoms with van der Waals surface area (Å²) in [5, 5.41) is 5.95. The van der Waals surface area contributed by atoms with E-state index in [9.17, 15) is 9.59 Å². The van der Waals surface area contributed by atoms with Gasteiger partial charge in [-0.15, -0.1) is 0 Å². The van der Waals surface area contributed by atoms with Crippen molar-refractivity contribution in [3.05, 3.63) is 23.8 Å². The van der Waals surface area contributed by atoms with Gasteiger partial charge in [0.25, 0.3) is 0 Å². The zero-order chi connectivity index (χ0) is 16.4. The molecule has 0 aliphatic carbocycles. The summed E-state index contributed by atoms with van der Waals surface area (Å²) >= 11 is 0. The molecule has 2 aliphatic heterocycles. The largest absolute Gasteiger partial charge is 0.374 e. The number of anilines is 2. The molecule has 1 fully saturated rings. The van der Waals surface area contributed by atoms with Gasteiger partial charge < -0.3 is 20.4 Å². The second kappa shape index (κ2) is 6.48. The number of rotatable bonds is 3. The summed E-state index contributed by atoms with van der Waals surface area (Å²) < 4.78 is 0. The Kier molecular flexibility index (Phi) is 4.41. The first kappa shape index (κ1) is 15.6. The summed E-state index contributed by atoms with van der Waals surface area (Å²) in [6.45, 7) is 4.17. The SMILES string of the molecule is CCC(=O)N1CCC(NC(=O)Nc2cccc3c2CCN3C)C1. The van der Waals surface area contributed by atoms with E-state index < -0.39 is 0 Å². The standard InChI is InChI=1S/C17H24N4O2/c1-3-16(22)21-10-7-12(11-21)18-17(23)19-14-5-4-6-15-13(14)8-9-20(15)2/h4-6,12H,3,7-11H2,1-2H3,(H2,18,19,23). The highest BCUT2D eigenvalue weighted by Crippen LogP contribution is 2.32. The van der Waals surface area contributed by atoms with Crippen molar-refractivity contribution in [3.8, 4) is 0 Å². The van der Waals surface area contributed by atoms with E-state index in [4.69, 9.17) is 0 Å². The summed E-state index contributed by atoms with van der Waals surface area (Å²) in [5.41, 5.74) is 3.26. The molecule has 1 saturated heterocycles. The summed E-state index contributed by atoms with van der Waals surface area (Å²) in [6.07, 6.45) is 2.28. The molecule has 1 atom stereocenters. The van der Waals surface area contributed by atoms with Gasteiger partial charge in [-0.05, 0) is 25.0 Å². The Labute approximate surface area is 136 Å². The Morgan fingerprint density at radius 3 is 2.91 bits per heavy atom. The lowest BCUT2D eigenvalue weighted by Crippen LogP contribution is -2.40. The summed E-state index contributed by atoms with van der Waals surface area (Å²) in [7, 11) is 2.06. The van der Waals surface area contributed by atoms with Gasteiger partial charge in [-0.25, -0.2) is 4.79 Å². The van der Waals surface area contributed by atoms with E-state index in [1.165, 1.54) is 11.3 Å². The maximum Gasteiger partial charge on any atom is 0.319 e. The highest BCUT2D eigenvalue weighted by atomic mass is 16.2. The lowest BCUT2D eigenvalue weighted by atomic mass is 10.1. The maximum absolute atomic E-state index is 12.3. The van der Waals surface area contributed by atoms with Crippen LogP contribution in [0.4, 0.5) is 16.2 Å². The molecule has 6 heteroatoms. The van der Waals surface area contributed by atoms with Gasteiger partial charge in [-0.2, -0.15) is 0 Å².